The molecule has 0 fully saturated rings. The van der Waals surface area contributed by atoms with Gasteiger partial charge in [-0.25, -0.2) is 0 Å². The summed E-state index contributed by atoms with van der Waals surface area (Å²) in [7, 11) is 0. The monoisotopic (exact) mass is 240 g/mol. The van der Waals surface area contributed by atoms with Crippen molar-refractivity contribution in [1.29, 1.82) is 0 Å². The Balaban J connectivity index is -0.000000218. The second kappa shape index (κ2) is 11.3. The number of Topliss-reactive ketones (excluding diaryl/α,β-unsaturated/α-hetero) is 2. The molecule has 2 heteroatoms. The lowest BCUT2D eigenvalue weighted by molar-refractivity contribution is -0.118. The molecule has 0 aliphatic carbocycles. The van der Waals surface area contributed by atoms with Crippen LogP contribution in [-0.4, -0.2) is 11.6 Å². The van der Waals surface area contributed by atoms with E-state index in [1.807, 2.05) is 20.8 Å². The van der Waals surface area contributed by atoms with Crippen molar-refractivity contribution in [2.24, 2.45) is 5.92 Å². The lowest BCUT2D eigenvalue weighted by Crippen LogP contribution is -2.06. The molecule has 0 aliphatic heterocycles. The number of rotatable bonds is 5. The van der Waals surface area contributed by atoms with Crippen LogP contribution in [-0.2, 0) is 9.59 Å². The van der Waals surface area contributed by atoms with Crippen molar-refractivity contribution in [2.75, 3.05) is 0 Å². The third-order valence-corrected chi connectivity index (χ3v) is 1.90. The Morgan fingerprint density at radius 2 is 1.47 bits per heavy atom. The summed E-state index contributed by atoms with van der Waals surface area (Å²) in [4.78, 5) is 21.4. The number of carbonyl (C=O) groups excluding carboxylic acids is 2. The van der Waals surface area contributed by atoms with E-state index in [0.29, 0.717) is 17.6 Å². The number of hydrogen-bond donors (Lipinski definition) is 0. The normalized spacial score (nSPS) is 8.59. The lowest BCUT2D eigenvalue weighted by Gasteiger charge is -1.99. The Hall–Kier alpha value is -1.18. The van der Waals surface area contributed by atoms with Crippen LogP contribution in [0.1, 0.15) is 54.9 Å². The second-order valence-electron chi connectivity index (χ2n) is 4.25. The maximum Gasteiger partial charge on any atom is 0.160 e. The first kappa shape index (κ1) is 21.1. The van der Waals surface area contributed by atoms with Gasteiger partial charge in [-0.2, -0.15) is 0 Å². The van der Waals surface area contributed by atoms with Crippen molar-refractivity contribution in [3.8, 4) is 0 Å². The van der Waals surface area contributed by atoms with Crippen molar-refractivity contribution in [2.45, 2.75) is 54.9 Å². The van der Waals surface area contributed by atoms with Gasteiger partial charge in [0.2, 0.25) is 0 Å². The van der Waals surface area contributed by atoms with Crippen LogP contribution in [0.4, 0.5) is 0 Å². The molecule has 17 heavy (non-hydrogen) atoms. The third kappa shape index (κ3) is 12.8. The maximum absolute atomic E-state index is 10.7. The molecule has 0 N–H and O–H groups in total. The first-order valence-electron chi connectivity index (χ1n) is 5.62. The molecule has 2 nitrogen and oxygen atoms in total. The minimum Gasteiger partial charge on any atom is -0.295 e. The molecule has 0 saturated carbocycles. The smallest absolute Gasteiger partial charge is 0.160 e. The fourth-order valence-electron chi connectivity index (χ4n) is 0.933. The van der Waals surface area contributed by atoms with Gasteiger partial charge in [-0.1, -0.05) is 41.4 Å². The van der Waals surface area contributed by atoms with Crippen LogP contribution < -0.4 is 0 Å². The molecule has 0 saturated heterocycles. The van der Waals surface area contributed by atoms with Crippen LogP contribution in [0.3, 0.4) is 0 Å². The molecular weight excluding hydrogens is 212 g/mol. The molecule has 0 aromatic carbocycles. The zero-order valence-electron chi connectivity index (χ0n) is 11.2. The van der Waals surface area contributed by atoms with E-state index in [1.54, 1.807) is 13.8 Å². The van der Waals surface area contributed by atoms with Gasteiger partial charge in [0, 0.05) is 12.3 Å². The zero-order valence-corrected chi connectivity index (χ0v) is 11.2. The summed E-state index contributed by atoms with van der Waals surface area (Å²) < 4.78 is 0. The Morgan fingerprint density at radius 3 is 1.53 bits per heavy atom. The molecule has 0 radical (unpaired) electrons. The highest BCUT2D eigenvalue weighted by atomic mass is 16.1. The molecule has 0 aromatic heterocycles. The number of hydrogen-bond acceptors (Lipinski definition) is 2. The fourth-order valence-corrected chi connectivity index (χ4v) is 0.933. The standard InChI is InChI=1S/2C7H12O.CH4/c1-5(2)7(8)6(3)4;1-4-5-7(8)6(2)3;/h6H,1H2,2-4H3;2,4-5H2,1,3H3;1H4. The van der Waals surface area contributed by atoms with Crippen molar-refractivity contribution >= 4 is 11.6 Å². The molecule has 0 rings (SSSR count). The molecule has 0 unspecified atom stereocenters. The minimum atomic E-state index is 0. The predicted octanol–water partition coefficient (Wildman–Crippen LogP) is 4.36. The number of carbonyl (C=O) groups is 2. The van der Waals surface area contributed by atoms with Gasteiger partial charge in [0.1, 0.15) is 0 Å². The molecule has 100 valence electrons. The van der Waals surface area contributed by atoms with Gasteiger partial charge in [-0.15, -0.1) is 0 Å². The Labute approximate surface area is 107 Å². The average Bonchev–Trinajstić information content (AvgIpc) is 2.17. The SMILES string of the molecule is C.C=C(C)C(=O)C(C)C.C=C(C)C(=O)CCC. The zero-order chi connectivity index (χ0) is 13.3. The van der Waals surface area contributed by atoms with Crippen molar-refractivity contribution in [3.05, 3.63) is 24.3 Å². The number of ketones is 2. The van der Waals surface area contributed by atoms with E-state index in [9.17, 15) is 9.59 Å². The first-order chi connectivity index (χ1) is 7.23. The van der Waals surface area contributed by atoms with E-state index in [0.717, 1.165) is 6.42 Å². The van der Waals surface area contributed by atoms with Crippen LogP contribution in [0, 0.1) is 5.92 Å². The maximum atomic E-state index is 10.7. The van der Waals surface area contributed by atoms with E-state index in [1.165, 1.54) is 0 Å². The summed E-state index contributed by atoms with van der Waals surface area (Å²) in [6.45, 7) is 16.3. The Kier molecular flexibility index (Phi) is 14.1. The molecule has 0 aromatic rings. The lowest BCUT2D eigenvalue weighted by atomic mass is 10.0. The Bertz CT molecular complexity index is 273. The predicted molar refractivity (Wildman–Crippen MR) is 76.1 cm³/mol. The molecule has 0 aliphatic rings. The van der Waals surface area contributed by atoms with Crippen LogP contribution in [0.2, 0.25) is 0 Å². The van der Waals surface area contributed by atoms with Gasteiger partial charge >= 0.3 is 0 Å². The highest BCUT2D eigenvalue weighted by Gasteiger charge is 2.05. The van der Waals surface area contributed by atoms with Crippen LogP contribution >= 0.6 is 0 Å². The molecule has 0 amide bonds. The third-order valence-electron chi connectivity index (χ3n) is 1.90. The molecule has 0 atom stereocenters. The summed E-state index contributed by atoms with van der Waals surface area (Å²) in [5, 5.41) is 0. The van der Waals surface area contributed by atoms with Gasteiger partial charge in [0.15, 0.2) is 11.6 Å². The summed E-state index contributed by atoms with van der Waals surface area (Å²) >= 11 is 0. The molecule has 0 heterocycles. The van der Waals surface area contributed by atoms with Gasteiger partial charge in [-0.05, 0) is 31.4 Å². The van der Waals surface area contributed by atoms with Crippen LogP contribution in [0.5, 0.6) is 0 Å². The topological polar surface area (TPSA) is 34.1 Å². The minimum absolute atomic E-state index is 0. The number of allylic oxidation sites excluding steroid dienone is 2. The van der Waals surface area contributed by atoms with Gasteiger partial charge in [0.25, 0.3) is 0 Å². The van der Waals surface area contributed by atoms with Crippen LogP contribution in [0.15, 0.2) is 24.3 Å². The second-order valence-corrected chi connectivity index (χ2v) is 4.25. The average molecular weight is 240 g/mol. The van der Waals surface area contributed by atoms with Gasteiger partial charge < -0.3 is 0 Å². The van der Waals surface area contributed by atoms with Crippen molar-refractivity contribution in [1.82, 2.24) is 0 Å². The summed E-state index contributed by atoms with van der Waals surface area (Å²) in [6.07, 6.45) is 1.57. The highest BCUT2D eigenvalue weighted by molar-refractivity contribution is 5.95. The van der Waals surface area contributed by atoms with E-state index < -0.39 is 0 Å². The van der Waals surface area contributed by atoms with Gasteiger partial charge in [-0.3, -0.25) is 9.59 Å². The van der Waals surface area contributed by atoms with Crippen molar-refractivity contribution in [3.63, 3.8) is 0 Å². The quantitative estimate of drug-likeness (QED) is 0.669. The van der Waals surface area contributed by atoms with E-state index in [4.69, 9.17) is 0 Å². The Morgan fingerprint density at radius 1 is 1.06 bits per heavy atom. The fraction of sp³-hybridized carbons (Fsp3) is 0.600. The van der Waals surface area contributed by atoms with E-state index in [-0.39, 0.29) is 24.9 Å². The molecule has 0 spiro atoms. The van der Waals surface area contributed by atoms with Crippen LogP contribution in [0.25, 0.3) is 0 Å². The summed E-state index contributed by atoms with van der Waals surface area (Å²) in [6, 6.07) is 0. The largest absolute Gasteiger partial charge is 0.295 e. The van der Waals surface area contributed by atoms with Crippen molar-refractivity contribution < 1.29 is 9.59 Å². The van der Waals surface area contributed by atoms with Gasteiger partial charge in [0.05, 0.1) is 0 Å². The molecule has 0 bridgehead atoms. The summed E-state index contributed by atoms with van der Waals surface area (Å²) in [5.74, 6) is 0.449. The first-order valence-corrected chi connectivity index (χ1v) is 5.62. The van der Waals surface area contributed by atoms with E-state index in [2.05, 4.69) is 13.2 Å². The van der Waals surface area contributed by atoms with E-state index >= 15 is 0 Å². The summed E-state index contributed by atoms with van der Waals surface area (Å²) in [5.41, 5.74) is 1.33. The highest BCUT2D eigenvalue weighted by Crippen LogP contribution is 2.01. The molecular formula is C15H28O2.